The monoisotopic (exact) mass is 546 g/mol. The highest BCUT2D eigenvalue weighted by atomic mass is 35.5. The number of hydrogen-bond acceptors (Lipinski definition) is 9. The van der Waals surface area contributed by atoms with Crippen molar-refractivity contribution in [3.05, 3.63) is 91.7 Å². The predicted molar refractivity (Wildman–Crippen MR) is 145 cm³/mol. The average molecular weight is 547 g/mol. The quantitative estimate of drug-likeness (QED) is 0.0847. The van der Waals surface area contributed by atoms with Crippen molar-refractivity contribution in [1.29, 1.82) is 0 Å². The maximum absolute atomic E-state index is 13.5. The molecule has 2 heterocycles. The summed E-state index contributed by atoms with van der Waals surface area (Å²) in [5.41, 5.74) is 0.189. The minimum atomic E-state index is -0.744. The minimum absolute atomic E-state index is 0.0262. The van der Waals surface area contributed by atoms with Gasteiger partial charge < -0.3 is 13.9 Å². The van der Waals surface area contributed by atoms with Crippen LogP contribution in [0, 0.1) is 10.1 Å². The van der Waals surface area contributed by atoms with Crippen molar-refractivity contribution in [2.75, 3.05) is 6.61 Å². The number of esters is 1. The highest BCUT2D eigenvalue weighted by Crippen LogP contribution is 2.38. The van der Waals surface area contributed by atoms with Gasteiger partial charge in [0.05, 0.1) is 28.6 Å². The lowest BCUT2D eigenvalue weighted by molar-refractivity contribution is -0.385. The fourth-order valence-electron chi connectivity index (χ4n) is 3.97. The van der Waals surface area contributed by atoms with Crippen LogP contribution in [0.25, 0.3) is 33.5 Å². The fourth-order valence-corrected chi connectivity index (χ4v) is 4.15. The van der Waals surface area contributed by atoms with E-state index in [0.29, 0.717) is 26.9 Å². The van der Waals surface area contributed by atoms with Crippen LogP contribution in [0.1, 0.15) is 19.4 Å². The largest absolute Gasteiger partial charge is 0.490 e. The Morgan fingerprint density at radius 3 is 2.74 bits per heavy atom. The summed E-state index contributed by atoms with van der Waals surface area (Å²) in [4.78, 5) is 40.7. The van der Waals surface area contributed by atoms with E-state index in [4.69, 9.17) is 25.5 Å². The third-order valence-corrected chi connectivity index (χ3v) is 5.81. The number of para-hydroxylation sites is 1. The molecule has 0 aliphatic carbocycles. The molecule has 0 N–H and O–H groups in total. The summed E-state index contributed by atoms with van der Waals surface area (Å²) in [6, 6.07) is 16.1. The maximum atomic E-state index is 13.5. The first-order chi connectivity index (χ1) is 18.7. The van der Waals surface area contributed by atoms with E-state index in [9.17, 15) is 19.7 Å². The zero-order valence-corrected chi connectivity index (χ0v) is 21.3. The zero-order valence-electron chi connectivity index (χ0n) is 20.6. The number of rotatable bonds is 7. The van der Waals surface area contributed by atoms with Crippen LogP contribution in [0.15, 0.2) is 75.0 Å². The molecule has 0 saturated carbocycles. The molecule has 39 heavy (non-hydrogen) atoms. The summed E-state index contributed by atoms with van der Waals surface area (Å²) in [6.45, 7) is 2.96. The highest BCUT2D eigenvalue weighted by Gasteiger charge is 2.24. The number of nitrogens with zero attached hydrogens (tertiary/aromatic N) is 4. The second-order valence-corrected chi connectivity index (χ2v) is 8.69. The van der Waals surface area contributed by atoms with Gasteiger partial charge >= 0.3 is 11.7 Å². The maximum Gasteiger partial charge on any atom is 0.316 e. The lowest BCUT2D eigenvalue weighted by atomic mass is 10.2. The number of nitro benzene ring substituents is 1. The van der Waals surface area contributed by atoms with E-state index in [-0.39, 0.29) is 35.3 Å². The number of ether oxygens (including phenoxy) is 2. The first kappa shape index (κ1) is 25.6. The Hall–Kier alpha value is -5.03. The summed E-state index contributed by atoms with van der Waals surface area (Å²) in [6.07, 6.45) is 1.24. The van der Waals surface area contributed by atoms with Crippen molar-refractivity contribution in [1.82, 2.24) is 9.66 Å². The molecule has 0 amide bonds. The highest BCUT2D eigenvalue weighted by molar-refractivity contribution is 6.31. The summed E-state index contributed by atoms with van der Waals surface area (Å²) in [5.74, 6) is -0.720. The van der Waals surface area contributed by atoms with Gasteiger partial charge in [0.1, 0.15) is 5.58 Å². The molecule has 12 heteroatoms. The zero-order chi connectivity index (χ0) is 27.7. The van der Waals surface area contributed by atoms with Crippen molar-refractivity contribution >= 4 is 51.3 Å². The predicted octanol–water partition coefficient (Wildman–Crippen LogP) is 5.58. The van der Waals surface area contributed by atoms with E-state index >= 15 is 0 Å². The topological polar surface area (TPSA) is 139 Å². The van der Waals surface area contributed by atoms with Crippen LogP contribution >= 0.6 is 11.6 Å². The first-order valence-electron chi connectivity index (χ1n) is 11.6. The Kier molecular flexibility index (Phi) is 6.82. The van der Waals surface area contributed by atoms with Gasteiger partial charge in [-0.1, -0.05) is 23.7 Å². The van der Waals surface area contributed by atoms with E-state index in [1.807, 2.05) is 0 Å². The Bertz CT molecular complexity index is 1860. The summed E-state index contributed by atoms with van der Waals surface area (Å²) >= 11 is 6.11. The average Bonchev–Trinajstić information content (AvgIpc) is 3.32. The van der Waals surface area contributed by atoms with Crippen LogP contribution in [0.5, 0.6) is 11.5 Å². The smallest absolute Gasteiger partial charge is 0.316 e. The van der Waals surface area contributed by atoms with E-state index in [1.54, 1.807) is 55.5 Å². The molecular weight excluding hydrogens is 528 g/mol. The summed E-state index contributed by atoms with van der Waals surface area (Å²) < 4.78 is 17.5. The number of aromatic nitrogens is 2. The van der Waals surface area contributed by atoms with E-state index < -0.39 is 22.1 Å². The number of carbonyl (C=O) groups is 1. The van der Waals surface area contributed by atoms with Crippen molar-refractivity contribution < 1.29 is 23.6 Å². The number of furan rings is 1. The molecule has 0 bridgehead atoms. The van der Waals surface area contributed by atoms with Gasteiger partial charge in [-0.05, 0) is 49.4 Å². The van der Waals surface area contributed by atoms with Gasteiger partial charge in [-0.15, -0.1) is 0 Å². The number of halogens is 1. The first-order valence-corrected chi connectivity index (χ1v) is 12.0. The molecule has 0 spiro atoms. The molecule has 2 aromatic heterocycles. The van der Waals surface area contributed by atoms with Crippen LogP contribution in [-0.4, -0.2) is 33.4 Å². The van der Waals surface area contributed by atoms with Crippen LogP contribution < -0.4 is 15.0 Å². The third kappa shape index (κ3) is 5.07. The molecule has 0 saturated heterocycles. The Labute approximate surface area is 225 Å². The third-order valence-electron chi connectivity index (χ3n) is 5.57. The van der Waals surface area contributed by atoms with Gasteiger partial charge in [0, 0.05) is 29.0 Å². The molecule has 5 rings (SSSR count). The van der Waals surface area contributed by atoms with Gasteiger partial charge in [-0.2, -0.15) is 9.78 Å². The molecular formula is C27H19ClN4O7. The minimum Gasteiger partial charge on any atom is -0.490 e. The van der Waals surface area contributed by atoms with Gasteiger partial charge in [-0.25, -0.2) is 4.98 Å². The van der Waals surface area contributed by atoms with Gasteiger partial charge in [0.25, 0.3) is 5.56 Å². The second kappa shape index (κ2) is 10.4. The molecule has 11 nitrogen and oxygen atoms in total. The number of carbonyl (C=O) groups excluding carboxylic acids is 1. The number of nitro groups is 1. The lowest BCUT2D eigenvalue weighted by Gasteiger charge is -2.11. The second-order valence-electron chi connectivity index (χ2n) is 8.26. The number of benzene rings is 3. The van der Waals surface area contributed by atoms with Crippen molar-refractivity contribution in [2.45, 2.75) is 13.8 Å². The molecule has 0 atom stereocenters. The Morgan fingerprint density at radius 2 is 2.00 bits per heavy atom. The van der Waals surface area contributed by atoms with E-state index in [2.05, 4.69) is 10.1 Å². The Morgan fingerprint density at radius 1 is 1.21 bits per heavy atom. The molecule has 0 aliphatic heterocycles. The summed E-state index contributed by atoms with van der Waals surface area (Å²) in [5, 5.41) is 17.6. The van der Waals surface area contributed by atoms with Crippen LogP contribution in [0.4, 0.5) is 5.69 Å². The normalized spacial score (nSPS) is 11.4. The molecule has 0 radical (unpaired) electrons. The van der Waals surface area contributed by atoms with E-state index in [1.165, 1.54) is 12.3 Å². The lowest BCUT2D eigenvalue weighted by Crippen LogP contribution is -2.20. The molecule has 196 valence electrons. The van der Waals surface area contributed by atoms with Crippen molar-refractivity contribution in [3.8, 4) is 23.1 Å². The Balaban J connectivity index is 1.69. The van der Waals surface area contributed by atoms with Crippen LogP contribution in [0.3, 0.4) is 0 Å². The van der Waals surface area contributed by atoms with Crippen molar-refractivity contribution in [3.63, 3.8) is 0 Å². The van der Waals surface area contributed by atoms with Crippen LogP contribution in [0.2, 0.25) is 5.02 Å². The standard InChI is InChI=1S/C27H19ClN4O7/c1-3-37-23-11-16(10-21(32(35)36)25(23)38-15(2)33)14-29-31-26(30-20-7-5-4-6-19(20)27(31)34)24-13-17-12-18(28)8-9-22(17)39-24/h4-14H,3H2,1-2H3. The number of hydrogen-bond donors (Lipinski definition) is 0. The van der Waals surface area contributed by atoms with Gasteiger partial charge in [0.15, 0.2) is 11.5 Å². The summed E-state index contributed by atoms with van der Waals surface area (Å²) in [7, 11) is 0. The van der Waals surface area contributed by atoms with Crippen molar-refractivity contribution in [2.24, 2.45) is 5.10 Å². The number of fused-ring (bicyclic) bond motifs is 2. The van der Waals surface area contributed by atoms with Gasteiger partial charge in [0.2, 0.25) is 11.6 Å². The molecule has 3 aromatic carbocycles. The molecule has 0 unspecified atom stereocenters. The van der Waals surface area contributed by atoms with Gasteiger partial charge in [-0.3, -0.25) is 19.7 Å². The van der Waals surface area contributed by atoms with Crippen LogP contribution in [-0.2, 0) is 4.79 Å². The van der Waals surface area contributed by atoms with E-state index in [0.717, 1.165) is 17.7 Å². The molecule has 5 aromatic rings. The fraction of sp³-hybridized carbons (Fsp3) is 0.111. The molecule has 0 fully saturated rings. The molecule has 0 aliphatic rings. The SMILES string of the molecule is CCOc1cc(C=Nn2c(-c3cc4cc(Cl)ccc4o3)nc3ccccc3c2=O)cc([N+](=O)[O-])c1OC(C)=O.